The van der Waals surface area contributed by atoms with Gasteiger partial charge in [0.05, 0.1) is 6.04 Å². The molecule has 1 atom stereocenters. The predicted octanol–water partition coefficient (Wildman–Crippen LogP) is -0.160. The number of H-pyrrole nitrogens is 1. The standard InChI is InChI=1S/C9H16BN3O3/c14-7-13-8(9-11-5-6-12-9)3-1-2-4-10(15)16/h5-8,15-16H,1-4H2,(H,11,12)(H,13,14). The number of carbonyl (C=O) groups is 1. The molecule has 0 aromatic carbocycles. The van der Waals surface area contributed by atoms with Gasteiger partial charge in [-0.1, -0.05) is 12.8 Å². The molecule has 0 saturated heterocycles. The van der Waals surface area contributed by atoms with Crippen LogP contribution in [0.1, 0.15) is 31.1 Å². The average Bonchev–Trinajstić information content (AvgIpc) is 2.75. The molecule has 0 radical (unpaired) electrons. The van der Waals surface area contributed by atoms with E-state index in [1.54, 1.807) is 12.4 Å². The van der Waals surface area contributed by atoms with E-state index in [1.807, 2.05) is 0 Å². The first-order chi connectivity index (χ1) is 7.74. The largest absolute Gasteiger partial charge is 0.451 e. The molecule has 4 N–H and O–H groups in total. The topological polar surface area (TPSA) is 98.2 Å². The van der Waals surface area contributed by atoms with Crippen LogP contribution in [0.2, 0.25) is 6.32 Å². The van der Waals surface area contributed by atoms with Crippen LogP contribution in [0.4, 0.5) is 0 Å². The summed E-state index contributed by atoms with van der Waals surface area (Å²) < 4.78 is 0. The number of nitrogens with one attached hydrogen (secondary N) is 2. The van der Waals surface area contributed by atoms with E-state index in [0.717, 1.165) is 18.7 Å². The number of aromatic nitrogens is 2. The molecule has 1 aromatic heterocycles. The van der Waals surface area contributed by atoms with Gasteiger partial charge in [-0.3, -0.25) is 4.79 Å². The Labute approximate surface area is 94.2 Å². The zero-order valence-electron chi connectivity index (χ0n) is 8.97. The first-order valence-electron chi connectivity index (χ1n) is 5.29. The second-order valence-electron chi connectivity index (χ2n) is 3.58. The van der Waals surface area contributed by atoms with Crippen LogP contribution in [-0.2, 0) is 4.79 Å². The second kappa shape index (κ2) is 7.02. The number of nitrogens with zero attached hydrogens (tertiary/aromatic N) is 1. The number of carbonyl (C=O) groups excluding carboxylic acids is 1. The molecule has 1 unspecified atom stereocenters. The third kappa shape index (κ3) is 4.46. The van der Waals surface area contributed by atoms with Gasteiger partial charge < -0.3 is 20.3 Å². The lowest BCUT2D eigenvalue weighted by Crippen LogP contribution is -2.21. The van der Waals surface area contributed by atoms with Gasteiger partial charge in [0, 0.05) is 12.4 Å². The SMILES string of the molecule is O=CNC(CCCCB(O)O)c1ncc[nH]1. The lowest BCUT2D eigenvalue weighted by atomic mass is 9.83. The van der Waals surface area contributed by atoms with Crippen molar-refractivity contribution in [3.8, 4) is 0 Å². The molecule has 1 rings (SSSR count). The van der Waals surface area contributed by atoms with Crippen LogP contribution in [0.25, 0.3) is 0 Å². The fraction of sp³-hybridized carbons (Fsp3) is 0.556. The molecule has 1 heterocycles. The second-order valence-corrected chi connectivity index (χ2v) is 3.58. The zero-order chi connectivity index (χ0) is 11.8. The van der Waals surface area contributed by atoms with Crippen LogP contribution in [0.3, 0.4) is 0 Å². The monoisotopic (exact) mass is 225 g/mol. The van der Waals surface area contributed by atoms with E-state index in [-0.39, 0.29) is 6.04 Å². The minimum atomic E-state index is -1.25. The van der Waals surface area contributed by atoms with Crippen LogP contribution < -0.4 is 5.32 Å². The van der Waals surface area contributed by atoms with Crippen molar-refractivity contribution < 1.29 is 14.8 Å². The van der Waals surface area contributed by atoms with Gasteiger partial charge in [0.1, 0.15) is 5.82 Å². The molecule has 0 aliphatic rings. The summed E-state index contributed by atoms with van der Waals surface area (Å²) in [5, 5.41) is 20.0. The van der Waals surface area contributed by atoms with Crippen LogP contribution in [0.5, 0.6) is 0 Å². The number of unbranched alkanes of at least 4 members (excludes halogenated alkanes) is 1. The molecule has 0 spiro atoms. The summed E-state index contributed by atoms with van der Waals surface area (Å²) in [5.74, 6) is 0.719. The van der Waals surface area contributed by atoms with Crippen LogP contribution in [0.15, 0.2) is 12.4 Å². The van der Waals surface area contributed by atoms with Crippen molar-refractivity contribution in [1.29, 1.82) is 0 Å². The highest BCUT2D eigenvalue weighted by Crippen LogP contribution is 2.16. The van der Waals surface area contributed by atoms with Gasteiger partial charge in [0.2, 0.25) is 6.41 Å². The lowest BCUT2D eigenvalue weighted by Gasteiger charge is -2.13. The Morgan fingerprint density at radius 2 is 2.38 bits per heavy atom. The number of hydrogen-bond donors (Lipinski definition) is 4. The molecule has 0 aliphatic heterocycles. The molecular weight excluding hydrogens is 209 g/mol. The smallest absolute Gasteiger partial charge is 0.427 e. The van der Waals surface area contributed by atoms with Crippen LogP contribution in [-0.4, -0.2) is 33.5 Å². The van der Waals surface area contributed by atoms with Gasteiger partial charge in [-0.15, -0.1) is 0 Å². The maximum atomic E-state index is 10.4. The quantitative estimate of drug-likeness (QED) is 0.280. The highest BCUT2D eigenvalue weighted by molar-refractivity contribution is 6.40. The van der Waals surface area contributed by atoms with E-state index in [1.165, 1.54) is 0 Å². The Hall–Kier alpha value is -1.34. The summed E-state index contributed by atoms with van der Waals surface area (Å²) in [6, 6.07) is -0.136. The number of aromatic amines is 1. The summed E-state index contributed by atoms with van der Waals surface area (Å²) in [7, 11) is -1.25. The van der Waals surface area contributed by atoms with Crippen molar-refractivity contribution in [2.45, 2.75) is 31.6 Å². The summed E-state index contributed by atoms with van der Waals surface area (Å²) in [4.78, 5) is 17.4. The van der Waals surface area contributed by atoms with Crippen molar-refractivity contribution in [3.63, 3.8) is 0 Å². The molecule has 16 heavy (non-hydrogen) atoms. The number of rotatable bonds is 8. The van der Waals surface area contributed by atoms with Crippen molar-refractivity contribution >= 4 is 13.5 Å². The minimum Gasteiger partial charge on any atom is -0.427 e. The number of imidazole rings is 1. The first kappa shape index (κ1) is 12.7. The Kier molecular flexibility index (Phi) is 5.59. The maximum absolute atomic E-state index is 10.4. The van der Waals surface area contributed by atoms with Crippen molar-refractivity contribution in [2.75, 3.05) is 0 Å². The summed E-state index contributed by atoms with van der Waals surface area (Å²) in [6.45, 7) is 0. The summed E-state index contributed by atoms with van der Waals surface area (Å²) in [5.41, 5.74) is 0. The molecule has 1 aromatic rings. The molecule has 0 bridgehead atoms. The fourth-order valence-electron chi connectivity index (χ4n) is 1.52. The Bertz CT molecular complexity index is 292. The number of amides is 1. The van der Waals surface area contributed by atoms with E-state index in [2.05, 4.69) is 15.3 Å². The molecule has 6 nitrogen and oxygen atoms in total. The van der Waals surface area contributed by atoms with Crippen LogP contribution >= 0.6 is 0 Å². The molecule has 7 heteroatoms. The summed E-state index contributed by atoms with van der Waals surface area (Å²) >= 11 is 0. The third-order valence-corrected chi connectivity index (χ3v) is 2.32. The Morgan fingerprint density at radius 1 is 1.56 bits per heavy atom. The minimum absolute atomic E-state index is 0.136. The summed E-state index contributed by atoms with van der Waals surface area (Å²) in [6.07, 6.45) is 6.55. The van der Waals surface area contributed by atoms with E-state index >= 15 is 0 Å². The van der Waals surface area contributed by atoms with Crippen molar-refractivity contribution in [1.82, 2.24) is 15.3 Å². The lowest BCUT2D eigenvalue weighted by molar-refractivity contribution is -0.110. The molecule has 1 amide bonds. The maximum Gasteiger partial charge on any atom is 0.451 e. The van der Waals surface area contributed by atoms with Gasteiger partial charge in [-0.2, -0.15) is 0 Å². The predicted molar refractivity (Wildman–Crippen MR) is 59.4 cm³/mol. The molecular formula is C9H16BN3O3. The number of hydrogen-bond acceptors (Lipinski definition) is 4. The third-order valence-electron chi connectivity index (χ3n) is 2.32. The molecule has 0 aliphatic carbocycles. The van der Waals surface area contributed by atoms with Gasteiger partial charge in [-0.25, -0.2) is 4.98 Å². The van der Waals surface area contributed by atoms with Crippen LogP contribution in [0, 0.1) is 0 Å². The normalized spacial score (nSPS) is 12.1. The molecule has 0 saturated carbocycles. The van der Waals surface area contributed by atoms with E-state index < -0.39 is 7.12 Å². The van der Waals surface area contributed by atoms with Crippen molar-refractivity contribution in [3.05, 3.63) is 18.2 Å². The van der Waals surface area contributed by atoms with Crippen molar-refractivity contribution in [2.24, 2.45) is 0 Å². The zero-order valence-corrected chi connectivity index (χ0v) is 8.97. The Balaban J connectivity index is 2.32. The van der Waals surface area contributed by atoms with Gasteiger partial charge in [-0.05, 0) is 12.7 Å². The Morgan fingerprint density at radius 3 is 2.94 bits per heavy atom. The van der Waals surface area contributed by atoms with Gasteiger partial charge in [0.25, 0.3) is 0 Å². The first-order valence-corrected chi connectivity index (χ1v) is 5.29. The van der Waals surface area contributed by atoms with E-state index in [0.29, 0.717) is 19.2 Å². The van der Waals surface area contributed by atoms with E-state index in [4.69, 9.17) is 10.0 Å². The average molecular weight is 225 g/mol. The molecule has 88 valence electrons. The fourth-order valence-corrected chi connectivity index (χ4v) is 1.52. The van der Waals surface area contributed by atoms with Gasteiger partial charge >= 0.3 is 7.12 Å². The highest BCUT2D eigenvalue weighted by atomic mass is 16.4. The molecule has 0 fully saturated rings. The van der Waals surface area contributed by atoms with Gasteiger partial charge in [0.15, 0.2) is 0 Å². The van der Waals surface area contributed by atoms with E-state index in [9.17, 15) is 4.79 Å². The highest BCUT2D eigenvalue weighted by Gasteiger charge is 2.13.